The van der Waals surface area contributed by atoms with Gasteiger partial charge in [0.2, 0.25) is 0 Å². The Morgan fingerprint density at radius 1 is 1.42 bits per heavy atom. The maximum Gasteiger partial charge on any atom is 0.115 e. The number of nitrogens with one attached hydrogen (secondary N) is 1. The molecule has 0 bridgehead atoms. The molecule has 1 aromatic heterocycles. The van der Waals surface area contributed by atoms with E-state index in [1.165, 1.54) is 18.5 Å². The number of hydrogen-bond donors (Lipinski definition) is 2. The van der Waals surface area contributed by atoms with Crippen molar-refractivity contribution in [3.63, 3.8) is 0 Å². The van der Waals surface area contributed by atoms with Crippen LogP contribution in [0.25, 0.3) is 5.69 Å². The second kappa shape index (κ2) is 5.05. The number of aromatic hydroxyl groups is 1. The first-order chi connectivity index (χ1) is 9.25. The van der Waals surface area contributed by atoms with Gasteiger partial charge in [0.25, 0.3) is 0 Å². The second-order valence-electron chi connectivity index (χ2n) is 5.20. The standard InChI is InChI=1S/C15H19N3O/c1-11-7-13(19)4-5-14(11)18-10-17-9-15(18)12-3-2-6-16-8-12/h4-5,7,9-10,12,16,19H,2-3,6,8H2,1H3. The summed E-state index contributed by atoms with van der Waals surface area (Å²) in [4.78, 5) is 4.31. The SMILES string of the molecule is Cc1cc(O)ccc1-n1cncc1C1CCCNC1. The van der Waals surface area contributed by atoms with Gasteiger partial charge in [0.05, 0.1) is 6.33 Å². The molecule has 2 N–H and O–H groups in total. The Kier molecular flexibility index (Phi) is 3.25. The highest BCUT2D eigenvalue weighted by atomic mass is 16.3. The lowest BCUT2D eigenvalue weighted by Crippen LogP contribution is -2.29. The zero-order valence-corrected chi connectivity index (χ0v) is 11.1. The summed E-state index contributed by atoms with van der Waals surface area (Å²) in [6, 6.07) is 5.47. The number of aromatic nitrogens is 2. The van der Waals surface area contributed by atoms with Crippen molar-refractivity contribution in [2.45, 2.75) is 25.7 Å². The lowest BCUT2D eigenvalue weighted by atomic mass is 9.96. The highest BCUT2D eigenvalue weighted by Crippen LogP contribution is 2.27. The number of phenolic OH excluding ortho intramolecular Hbond substituents is 1. The zero-order valence-electron chi connectivity index (χ0n) is 11.1. The molecular formula is C15H19N3O. The van der Waals surface area contributed by atoms with Crippen LogP contribution in [0.2, 0.25) is 0 Å². The van der Waals surface area contributed by atoms with Crippen molar-refractivity contribution >= 4 is 0 Å². The van der Waals surface area contributed by atoms with Gasteiger partial charge in [-0.1, -0.05) is 0 Å². The van der Waals surface area contributed by atoms with Gasteiger partial charge in [-0.2, -0.15) is 0 Å². The predicted octanol–water partition coefficient (Wildman–Crippen LogP) is 2.35. The van der Waals surface area contributed by atoms with E-state index in [0.29, 0.717) is 11.7 Å². The van der Waals surface area contributed by atoms with Crippen LogP contribution in [0.3, 0.4) is 0 Å². The third-order valence-corrected chi connectivity index (χ3v) is 3.82. The molecule has 1 aliphatic rings. The van der Waals surface area contributed by atoms with E-state index in [1.54, 1.807) is 12.1 Å². The fraction of sp³-hybridized carbons (Fsp3) is 0.400. The highest BCUT2D eigenvalue weighted by Gasteiger charge is 2.19. The van der Waals surface area contributed by atoms with E-state index in [-0.39, 0.29) is 0 Å². The van der Waals surface area contributed by atoms with E-state index < -0.39 is 0 Å². The van der Waals surface area contributed by atoms with Crippen LogP contribution < -0.4 is 5.32 Å². The largest absolute Gasteiger partial charge is 0.508 e. The van der Waals surface area contributed by atoms with Crippen LogP contribution in [0.5, 0.6) is 5.75 Å². The summed E-state index contributed by atoms with van der Waals surface area (Å²) < 4.78 is 2.15. The van der Waals surface area contributed by atoms with E-state index in [4.69, 9.17) is 0 Å². The molecule has 1 aliphatic heterocycles. The molecule has 0 saturated carbocycles. The van der Waals surface area contributed by atoms with E-state index in [1.807, 2.05) is 25.5 Å². The summed E-state index contributed by atoms with van der Waals surface area (Å²) in [6.07, 6.45) is 6.24. The van der Waals surface area contributed by atoms with E-state index in [0.717, 1.165) is 24.3 Å². The Balaban J connectivity index is 1.99. The van der Waals surface area contributed by atoms with Crippen LogP contribution in [0, 0.1) is 6.92 Å². The van der Waals surface area contributed by atoms with E-state index >= 15 is 0 Å². The van der Waals surface area contributed by atoms with Crippen molar-refractivity contribution in [1.82, 2.24) is 14.9 Å². The number of hydrogen-bond acceptors (Lipinski definition) is 3. The lowest BCUT2D eigenvalue weighted by molar-refractivity contribution is 0.450. The van der Waals surface area contributed by atoms with Gasteiger partial charge in [-0.15, -0.1) is 0 Å². The molecule has 0 radical (unpaired) electrons. The Morgan fingerprint density at radius 3 is 3.05 bits per heavy atom. The van der Waals surface area contributed by atoms with Gasteiger partial charge in [-0.05, 0) is 50.1 Å². The first kappa shape index (κ1) is 12.2. The van der Waals surface area contributed by atoms with Gasteiger partial charge in [0.15, 0.2) is 0 Å². The minimum absolute atomic E-state index is 0.308. The normalized spacial score (nSPS) is 19.5. The molecule has 1 aromatic carbocycles. The summed E-state index contributed by atoms with van der Waals surface area (Å²) in [5.74, 6) is 0.826. The monoisotopic (exact) mass is 257 g/mol. The van der Waals surface area contributed by atoms with Gasteiger partial charge in [0.1, 0.15) is 5.75 Å². The zero-order chi connectivity index (χ0) is 13.2. The van der Waals surface area contributed by atoms with Gasteiger partial charge in [0, 0.05) is 30.0 Å². The van der Waals surface area contributed by atoms with Crippen molar-refractivity contribution < 1.29 is 5.11 Å². The highest BCUT2D eigenvalue weighted by molar-refractivity contribution is 5.46. The third kappa shape index (κ3) is 2.36. The number of aryl methyl sites for hydroxylation is 1. The molecule has 100 valence electrons. The first-order valence-electron chi connectivity index (χ1n) is 6.78. The van der Waals surface area contributed by atoms with E-state index in [9.17, 15) is 5.11 Å². The average molecular weight is 257 g/mol. The lowest BCUT2D eigenvalue weighted by Gasteiger charge is -2.24. The fourth-order valence-corrected chi connectivity index (χ4v) is 2.82. The van der Waals surface area contributed by atoms with Gasteiger partial charge >= 0.3 is 0 Å². The van der Waals surface area contributed by atoms with Crippen molar-refractivity contribution in [1.29, 1.82) is 0 Å². The number of imidazole rings is 1. The number of phenols is 1. The van der Waals surface area contributed by atoms with Crippen LogP contribution in [0.4, 0.5) is 0 Å². The number of benzene rings is 1. The van der Waals surface area contributed by atoms with Gasteiger partial charge in [-0.3, -0.25) is 0 Å². The maximum absolute atomic E-state index is 9.52. The molecule has 3 rings (SSSR count). The smallest absolute Gasteiger partial charge is 0.115 e. The van der Waals surface area contributed by atoms with Gasteiger partial charge in [-0.25, -0.2) is 4.98 Å². The van der Waals surface area contributed by atoms with Crippen molar-refractivity contribution in [2.24, 2.45) is 0 Å². The molecule has 4 nitrogen and oxygen atoms in total. The van der Waals surface area contributed by atoms with Crippen molar-refractivity contribution in [3.8, 4) is 11.4 Å². The minimum Gasteiger partial charge on any atom is -0.508 e. The Morgan fingerprint density at radius 2 is 2.32 bits per heavy atom. The third-order valence-electron chi connectivity index (χ3n) is 3.82. The van der Waals surface area contributed by atoms with Crippen molar-refractivity contribution in [3.05, 3.63) is 42.0 Å². The topological polar surface area (TPSA) is 50.1 Å². The molecule has 1 fully saturated rings. The Bertz CT molecular complexity index is 571. The minimum atomic E-state index is 0.308. The number of nitrogens with zero attached hydrogens (tertiary/aromatic N) is 2. The van der Waals surface area contributed by atoms with Crippen molar-refractivity contribution in [2.75, 3.05) is 13.1 Å². The summed E-state index contributed by atoms with van der Waals surface area (Å²) in [6.45, 7) is 4.14. The summed E-state index contributed by atoms with van der Waals surface area (Å²) in [5, 5.41) is 13.0. The summed E-state index contributed by atoms with van der Waals surface area (Å²) in [7, 11) is 0. The average Bonchev–Trinajstić information content (AvgIpc) is 2.89. The number of piperidine rings is 1. The van der Waals surface area contributed by atoms with Crippen LogP contribution >= 0.6 is 0 Å². The molecule has 0 amide bonds. The summed E-state index contributed by atoms with van der Waals surface area (Å²) >= 11 is 0. The molecule has 0 spiro atoms. The quantitative estimate of drug-likeness (QED) is 0.868. The molecule has 2 aromatic rings. The Labute approximate surface area is 113 Å². The molecule has 0 aliphatic carbocycles. The fourth-order valence-electron chi connectivity index (χ4n) is 2.82. The van der Waals surface area contributed by atoms with Crippen LogP contribution in [0.15, 0.2) is 30.7 Å². The van der Waals surface area contributed by atoms with Crippen LogP contribution in [0.1, 0.15) is 30.0 Å². The van der Waals surface area contributed by atoms with Crippen LogP contribution in [-0.2, 0) is 0 Å². The van der Waals surface area contributed by atoms with E-state index in [2.05, 4.69) is 14.9 Å². The molecule has 19 heavy (non-hydrogen) atoms. The predicted molar refractivity (Wildman–Crippen MR) is 74.8 cm³/mol. The molecule has 4 heteroatoms. The Hall–Kier alpha value is -1.81. The number of rotatable bonds is 2. The molecular weight excluding hydrogens is 238 g/mol. The maximum atomic E-state index is 9.52. The van der Waals surface area contributed by atoms with Gasteiger partial charge < -0.3 is 15.0 Å². The molecule has 1 atom stereocenters. The molecule has 2 heterocycles. The second-order valence-corrected chi connectivity index (χ2v) is 5.20. The molecule has 1 saturated heterocycles. The summed E-state index contributed by atoms with van der Waals surface area (Å²) in [5.41, 5.74) is 3.40. The molecule has 1 unspecified atom stereocenters. The first-order valence-corrected chi connectivity index (χ1v) is 6.78. The van der Waals surface area contributed by atoms with Crippen LogP contribution in [-0.4, -0.2) is 27.7 Å².